The van der Waals surface area contributed by atoms with Crippen molar-refractivity contribution >= 4 is 23.5 Å². The first kappa shape index (κ1) is 19.9. The van der Waals surface area contributed by atoms with E-state index in [-0.39, 0.29) is 24.8 Å². The van der Waals surface area contributed by atoms with Gasteiger partial charge in [-0.15, -0.1) is 0 Å². The van der Waals surface area contributed by atoms with Crippen LogP contribution in [0.5, 0.6) is 0 Å². The molecule has 142 valence electrons. The van der Waals surface area contributed by atoms with Crippen LogP contribution in [0.2, 0.25) is 0 Å². The molecule has 1 aliphatic rings. The number of methoxy groups -OCH3 is 1. The van der Waals surface area contributed by atoms with Gasteiger partial charge in [0.2, 0.25) is 5.91 Å². The molecule has 26 heavy (non-hydrogen) atoms. The Balaban J connectivity index is 1.95. The summed E-state index contributed by atoms with van der Waals surface area (Å²) in [7, 11) is 1.54. The van der Waals surface area contributed by atoms with Crippen LogP contribution in [-0.2, 0) is 30.3 Å². The Hall–Kier alpha value is -2.41. The van der Waals surface area contributed by atoms with Crippen molar-refractivity contribution in [3.63, 3.8) is 0 Å². The highest BCUT2D eigenvalue weighted by molar-refractivity contribution is 6.00. The third-order valence-corrected chi connectivity index (χ3v) is 4.39. The van der Waals surface area contributed by atoms with Crippen LogP contribution in [-0.4, -0.2) is 50.7 Å². The molecule has 1 fully saturated rings. The fourth-order valence-corrected chi connectivity index (χ4v) is 2.92. The van der Waals surface area contributed by atoms with E-state index in [9.17, 15) is 14.4 Å². The molecule has 1 aliphatic heterocycles. The number of hydrogen-bond donors (Lipinski definition) is 1. The van der Waals surface area contributed by atoms with E-state index >= 15 is 0 Å². The second-order valence-electron chi connectivity index (χ2n) is 6.25. The first-order chi connectivity index (χ1) is 12.5. The summed E-state index contributed by atoms with van der Waals surface area (Å²) < 4.78 is 10.1. The van der Waals surface area contributed by atoms with Crippen molar-refractivity contribution in [2.75, 3.05) is 31.7 Å². The summed E-state index contributed by atoms with van der Waals surface area (Å²) in [4.78, 5) is 38.3. The van der Waals surface area contributed by atoms with Gasteiger partial charge in [-0.25, -0.2) is 0 Å². The van der Waals surface area contributed by atoms with Crippen LogP contribution < -0.4 is 10.2 Å². The molecule has 7 nitrogen and oxygen atoms in total. The number of nitrogens with zero attached hydrogens (tertiary/aromatic N) is 1. The van der Waals surface area contributed by atoms with Gasteiger partial charge in [-0.1, -0.05) is 25.1 Å². The molecule has 0 unspecified atom stereocenters. The smallest absolute Gasteiger partial charge is 0.312 e. The Morgan fingerprint density at radius 3 is 2.77 bits per heavy atom. The van der Waals surface area contributed by atoms with Gasteiger partial charge in [0.1, 0.15) is 0 Å². The lowest BCUT2D eigenvalue weighted by Crippen LogP contribution is -2.38. The maximum absolute atomic E-state index is 12.4. The van der Waals surface area contributed by atoms with E-state index in [1.807, 2.05) is 31.2 Å². The molecule has 2 amide bonds. The number of amides is 2. The molecule has 2 atom stereocenters. The summed E-state index contributed by atoms with van der Waals surface area (Å²) in [5.74, 6) is -1.58. The molecule has 1 aromatic rings. The van der Waals surface area contributed by atoms with E-state index in [0.717, 1.165) is 17.7 Å². The largest absolute Gasteiger partial charge is 0.452 e. The van der Waals surface area contributed by atoms with Crippen LogP contribution in [0.4, 0.5) is 5.69 Å². The van der Waals surface area contributed by atoms with E-state index in [0.29, 0.717) is 13.2 Å². The Morgan fingerprint density at radius 1 is 1.35 bits per heavy atom. The lowest BCUT2D eigenvalue weighted by atomic mass is 10.1. The van der Waals surface area contributed by atoms with Crippen LogP contribution in [0.25, 0.3) is 0 Å². The summed E-state index contributed by atoms with van der Waals surface area (Å²) in [6, 6.07) is 7.66. The standard InChI is InChI=1S/C19H26N2O5/c1-4-14-7-5-6-8-16(14)21-12-15(11-17(21)22)19(24)26-13(2)18(23)20-9-10-25-3/h5-8,13,15H,4,9-12H2,1-3H3,(H,20,23)/t13-,15-/m1/s1. The van der Waals surface area contributed by atoms with Crippen molar-refractivity contribution in [3.8, 4) is 0 Å². The van der Waals surface area contributed by atoms with Crippen molar-refractivity contribution in [2.45, 2.75) is 32.8 Å². The maximum atomic E-state index is 12.4. The van der Waals surface area contributed by atoms with Crippen LogP contribution in [0.3, 0.4) is 0 Å². The van der Waals surface area contributed by atoms with Crippen molar-refractivity contribution in [1.82, 2.24) is 5.32 Å². The second kappa shape index (κ2) is 9.33. The zero-order valence-electron chi connectivity index (χ0n) is 15.5. The van der Waals surface area contributed by atoms with Crippen molar-refractivity contribution in [2.24, 2.45) is 5.92 Å². The molecule has 1 saturated heterocycles. The number of carbonyl (C=O) groups excluding carboxylic acids is 3. The monoisotopic (exact) mass is 362 g/mol. The van der Waals surface area contributed by atoms with Crippen molar-refractivity contribution in [3.05, 3.63) is 29.8 Å². The van der Waals surface area contributed by atoms with Gasteiger partial charge < -0.3 is 19.7 Å². The lowest BCUT2D eigenvalue weighted by Gasteiger charge is -2.20. The number of anilines is 1. The third-order valence-electron chi connectivity index (χ3n) is 4.39. The SMILES string of the molecule is CCc1ccccc1N1C[C@H](C(=O)O[C@H](C)C(=O)NCCOC)CC1=O. The molecule has 0 aromatic heterocycles. The molecule has 7 heteroatoms. The number of rotatable bonds is 8. The van der Waals surface area contributed by atoms with E-state index in [4.69, 9.17) is 9.47 Å². The van der Waals surface area contributed by atoms with Gasteiger partial charge in [0.15, 0.2) is 6.10 Å². The van der Waals surface area contributed by atoms with Gasteiger partial charge >= 0.3 is 5.97 Å². The molecule has 0 saturated carbocycles. The third kappa shape index (κ3) is 4.82. The van der Waals surface area contributed by atoms with Crippen LogP contribution >= 0.6 is 0 Å². The minimum atomic E-state index is -0.911. The van der Waals surface area contributed by atoms with Gasteiger partial charge in [0.05, 0.1) is 12.5 Å². The molecule has 0 spiro atoms. The van der Waals surface area contributed by atoms with Crippen molar-refractivity contribution in [1.29, 1.82) is 0 Å². The van der Waals surface area contributed by atoms with E-state index in [2.05, 4.69) is 5.32 Å². The highest BCUT2D eigenvalue weighted by Gasteiger charge is 2.37. The first-order valence-electron chi connectivity index (χ1n) is 8.83. The quantitative estimate of drug-likeness (QED) is 0.556. The average molecular weight is 362 g/mol. The molecule has 1 heterocycles. The molecule has 0 aliphatic carbocycles. The molecule has 1 aromatic carbocycles. The van der Waals surface area contributed by atoms with Gasteiger partial charge in [-0.3, -0.25) is 14.4 Å². The predicted octanol–water partition coefficient (Wildman–Crippen LogP) is 1.30. The number of esters is 1. The summed E-state index contributed by atoms with van der Waals surface area (Å²) in [6.45, 7) is 4.54. The number of nitrogens with one attached hydrogen (secondary N) is 1. The minimum Gasteiger partial charge on any atom is -0.452 e. The highest BCUT2D eigenvalue weighted by atomic mass is 16.5. The summed E-state index contributed by atoms with van der Waals surface area (Å²) in [5.41, 5.74) is 1.89. The number of para-hydroxylation sites is 1. The van der Waals surface area contributed by atoms with Crippen LogP contribution in [0, 0.1) is 5.92 Å². The Morgan fingerprint density at radius 2 is 2.08 bits per heavy atom. The minimum absolute atomic E-state index is 0.0922. The summed E-state index contributed by atoms with van der Waals surface area (Å²) >= 11 is 0. The highest BCUT2D eigenvalue weighted by Crippen LogP contribution is 2.29. The Labute approximate surface area is 153 Å². The lowest BCUT2D eigenvalue weighted by molar-refractivity contribution is -0.158. The number of hydrogen-bond acceptors (Lipinski definition) is 5. The Bertz CT molecular complexity index is 661. The van der Waals surface area contributed by atoms with E-state index in [1.165, 1.54) is 14.0 Å². The van der Waals surface area contributed by atoms with Gasteiger partial charge in [-0.2, -0.15) is 0 Å². The molecule has 0 bridgehead atoms. The van der Waals surface area contributed by atoms with Gasteiger partial charge in [0.25, 0.3) is 5.91 Å². The zero-order valence-corrected chi connectivity index (χ0v) is 15.5. The number of carbonyl (C=O) groups is 3. The molecular formula is C19H26N2O5. The number of aryl methyl sites for hydroxylation is 1. The Kier molecular flexibility index (Phi) is 7.15. The van der Waals surface area contributed by atoms with E-state index < -0.39 is 18.0 Å². The first-order valence-corrected chi connectivity index (χ1v) is 8.83. The fourth-order valence-electron chi connectivity index (χ4n) is 2.92. The normalized spacial score (nSPS) is 17.9. The zero-order chi connectivity index (χ0) is 19.1. The number of ether oxygens (including phenoxy) is 2. The van der Waals surface area contributed by atoms with Gasteiger partial charge in [0, 0.05) is 32.3 Å². The number of benzene rings is 1. The molecule has 2 rings (SSSR count). The topological polar surface area (TPSA) is 84.9 Å². The maximum Gasteiger partial charge on any atom is 0.312 e. The fraction of sp³-hybridized carbons (Fsp3) is 0.526. The second-order valence-corrected chi connectivity index (χ2v) is 6.25. The summed E-state index contributed by atoms with van der Waals surface area (Å²) in [5, 5.41) is 2.62. The molecule has 1 N–H and O–H groups in total. The van der Waals surface area contributed by atoms with Gasteiger partial charge in [-0.05, 0) is 25.0 Å². The predicted molar refractivity (Wildman–Crippen MR) is 96.7 cm³/mol. The van der Waals surface area contributed by atoms with Crippen LogP contribution in [0.1, 0.15) is 25.8 Å². The summed E-state index contributed by atoms with van der Waals surface area (Å²) in [6.07, 6.45) is -0.0192. The molecular weight excluding hydrogens is 336 g/mol. The van der Waals surface area contributed by atoms with Crippen molar-refractivity contribution < 1.29 is 23.9 Å². The van der Waals surface area contributed by atoms with E-state index in [1.54, 1.807) is 4.90 Å². The average Bonchev–Trinajstić information content (AvgIpc) is 3.03. The molecule has 0 radical (unpaired) electrons. The van der Waals surface area contributed by atoms with Crippen LogP contribution in [0.15, 0.2) is 24.3 Å².